The van der Waals surface area contributed by atoms with Crippen molar-refractivity contribution in [2.24, 2.45) is 5.92 Å². The Morgan fingerprint density at radius 1 is 1.26 bits per heavy atom. The van der Waals surface area contributed by atoms with Crippen LogP contribution in [0, 0.1) is 5.92 Å². The first-order valence-electron chi connectivity index (χ1n) is 7.31. The van der Waals surface area contributed by atoms with Crippen molar-refractivity contribution in [3.8, 4) is 0 Å². The number of likely N-dealkylation sites (tertiary alicyclic amines) is 1. The van der Waals surface area contributed by atoms with Crippen LogP contribution in [0.15, 0.2) is 24.3 Å². The van der Waals surface area contributed by atoms with E-state index >= 15 is 0 Å². The highest BCUT2D eigenvalue weighted by atomic mass is 16.1. The molecular weight excluding hydrogens is 236 g/mol. The Balaban J connectivity index is 1.48. The average Bonchev–Trinajstić information content (AvgIpc) is 3.16. The molecule has 0 bridgehead atoms. The lowest BCUT2D eigenvalue weighted by Crippen LogP contribution is -2.24. The van der Waals surface area contributed by atoms with Crippen LogP contribution in [-0.4, -0.2) is 36.4 Å². The minimum Gasteiger partial charge on any atom is -0.385 e. The summed E-state index contributed by atoms with van der Waals surface area (Å²) in [6, 6.07) is 8.71. The second-order valence-corrected chi connectivity index (χ2v) is 5.90. The highest BCUT2D eigenvalue weighted by Crippen LogP contribution is 2.31. The van der Waals surface area contributed by atoms with Crippen molar-refractivity contribution in [3.63, 3.8) is 0 Å². The van der Waals surface area contributed by atoms with Gasteiger partial charge in [0, 0.05) is 30.4 Å². The third-order valence-corrected chi connectivity index (χ3v) is 4.27. The Kier molecular flexibility index (Phi) is 3.56. The molecule has 1 saturated heterocycles. The summed E-state index contributed by atoms with van der Waals surface area (Å²) < 4.78 is 0. The fourth-order valence-electron chi connectivity index (χ4n) is 2.89. The maximum Gasteiger partial charge on any atom is 0.159 e. The molecule has 1 unspecified atom stereocenters. The molecule has 1 heterocycles. The zero-order chi connectivity index (χ0) is 13.2. The maximum atomic E-state index is 11.2. The van der Waals surface area contributed by atoms with Gasteiger partial charge in [0.25, 0.3) is 0 Å². The molecule has 1 aromatic carbocycles. The van der Waals surface area contributed by atoms with E-state index in [0.29, 0.717) is 0 Å². The maximum absolute atomic E-state index is 11.2. The van der Waals surface area contributed by atoms with Crippen molar-refractivity contribution in [3.05, 3.63) is 29.8 Å². The lowest BCUT2D eigenvalue weighted by Gasteiger charge is -2.15. The summed E-state index contributed by atoms with van der Waals surface area (Å²) in [5.41, 5.74) is 1.90. The van der Waals surface area contributed by atoms with Gasteiger partial charge in [0.05, 0.1) is 0 Å². The van der Waals surface area contributed by atoms with Crippen LogP contribution in [0.2, 0.25) is 0 Å². The summed E-state index contributed by atoms with van der Waals surface area (Å²) >= 11 is 0. The molecule has 19 heavy (non-hydrogen) atoms. The number of rotatable bonds is 5. The third-order valence-electron chi connectivity index (χ3n) is 4.27. The highest BCUT2D eigenvalue weighted by molar-refractivity contribution is 5.94. The molecule has 1 N–H and O–H groups in total. The minimum absolute atomic E-state index is 0.127. The number of carbonyl (C=O) groups is 1. The zero-order valence-electron chi connectivity index (χ0n) is 11.6. The molecule has 2 aliphatic rings. The molecule has 3 nitrogen and oxygen atoms in total. The predicted molar refractivity (Wildman–Crippen MR) is 77.6 cm³/mol. The normalized spacial score (nSPS) is 23.5. The number of hydrogen-bond donors (Lipinski definition) is 1. The van der Waals surface area contributed by atoms with E-state index in [9.17, 15) is 4.79 Å². The van der Waals surface area contributed by atoms with Crippen molar-refractivity contribution in [1.29, 1.82) is 0 Å². The largest absolute Gasteiger partial charge is 0.385 e. The van der Waals surface area contributed by atoms with Crippen LogP contribution in [0.3, 0.4) is 0 Å². The first-order chi connectivity index (χ1) is 9.22. The number of nitrogens with one attached hydrogen (secondary N) is 1. The monoisotopic (exact) mass is 258 g/mol. The van der Waals surface area contributed by atoms with Gasteiger partial charge in [-0.05, 0) is 62.9 Å². The second-order valence-electron chi connectivity index (χ2n) is 5.90. The van der Waals surface area contributed by atoms with Crippen molar-refractivity contribution < 1.29 is 4.79 Å². The van der Waals surface area contributed by atoms with Crippen LogP contribution in [0.25, 0.3) is 0 Å². The number of nitrogens with zero attached hydrogens (tertiary/aromatic N) is 1. The van der Waals surface area contributed by atoms with Crippen LogP contribution in [0.4, 0.5) is 5.69 Å². The van der Waals surface area contributed by atoms with Crippen LogP contribution in [0.1, 0.15) is 36.5 Å². The average molecular weight is 258 g/mol. The topological polar surface area (TPSA) is 32.3 Å². The summed E-state index contributed by atoms with van der Waals surface area (Å²) in [4.78, 5) is 13.8. The molecule has 3 heteroatoms. The van der Waals surface area contributed by atoms with Crippen molar-refractivity contribution >= 4 is 11.5 Å². The van der Waals surface area contributed by atoms with E-state index in [1.54, 1.807) is 6.92 Å². The quantitative estimate of drug-likeness (QED) is 0.824. The zero-order valence-corrected chi connectivity index (χ0v) is 11.6. The van der Waals surface area contributed by atoms with E-state index in [1.807, 2.05) is 24.3 Å². The van der Waals surface area contributed by atoms with Gasteiger partial charge in [0.2, 0.25) is 0 Å². The summed E-state index contributed by atoms with van der Waals surface area (Å²) in [6.45, 7) is 5.18. The van der Waals surface area contributed by atoms with E-state index < -0.39 is 0 Å². The standard InChI is InChI=1S/C16H22N2O/c1-12(19)14-2-4-15(5-3-14)17-10-13-8-9-18(11-13)16-6-7-16/h2-5,13,16-17H,6-11H2,1H3. The second kappa shape index (κ2) is 5.33. The Labute approximate surface area is 115 Å². The van der Waals surface area contributed by atoms with Gasteiger partial charge in [-0.1, -0.05) is 0 Å². The lowest BCUT2D eigenvalue weighted by atomic mass is 10.1. The van der Waals surface area contributed by atoms with Crippen LogP contribution < -0.4 is 5.32 Å². The molecule has 0 spiro atoms. The molecule has 1 aliphatic carbocycles. The number of benzene rings is 1. The molecule has 1 aromatic rings. The Bertz CT molecular complexity index is 450. The molecule has 0 radical (unpaired) electrons. The van der Waals surface area contributed by atoms with Gasteiger partial charge in [0.15, 0.2) is 5.78 Å². The molecule has 3 rings (SSSR count). The minimum atomic E-state index is 0.127. The summed E-state index contributed by atoms with van der Waals surface area (Å²) in [7, 11) is 0. The fourth-order valence-corrected chi connectivity index (χ4v) is 2.89. The number of hydrogen-bond acceptors (Lipinski definition) is 3. The molecule has 1 atom stereocenters. The van der Waals surface area contributed by atoms with Crippen molar-refractivity contribution in [1.82, 2.24) is 4.90 Å². The van der Waals surface area contributed by atoms with Crippen LogP contribution >= 0.6 is 0 Å². The van der Waals surface area contributed by atoms with E-state index in [4.69, 9.17) is 0 Å². The first kappa shape index (κ1) is 12.7. The molecule has 0 aromatic heterocycles. The van der Waals surface area contributed by atoms with Crippen molar-refractivity contribution in [2.75, 3.05) is 25.0 Å². The van der Waals surface area contributed by atoms with Crippen molar-refractivity contribution in [2.45, 2.75) is 32.2 Å². The van der Waals surface area contributed by atoms with Gasteiger partial charge in [0.1, 0.15) is 0 Å². The number of carbonyl (C=O) groups excluding carboxylic acids is 1. The van der Waals surface area contributed by atoms with Gasteiger partial charge < -0.3 is 10.2 Å². The lowest BCUT2D eigenvalue weighted by molar-refractivity contribution is 0.101. The Morgan fingerprint density at radius 3 is 2.63 bits per heavy atom. The molecule has 1 aliphatic heterocycles. The van der Waals surface area contributed by atoms with Gasteiger partial charge in [-0.25, -0.2) is 0 Å². The number of anilines is 1. The molecule has 1 saturated carbocycles. The summed E-state index contributed by atoms with van der Waals surface area (Å²) in [5, 5.41) is 3.49. The molecule has 0 amide bonds. The van der Waals surface area contributed by atoms with E-state index in [0.717, 1.165) is 29.8 Å². The number of ketones is 1. The van der Waals surface area contributed by atoms with E-state index in [-0.39, 0.29) is 5.78 Å². The molecular formula is C16H22N2O. The number of Topliss-reactive ketones (excluding diaryl/α,β-unsaturated/α-hetero) is 1. The Morgan fingerprint density at radius 2 is 2.00 bits per heavy atom. The van der Waals surface area contributed by atoms with Crippen LogP contribution in [0.5, 0.6) is 0 Å². The Hall–Kier alpha value is -1.35. The van der Waals surface area contributed by atoms with Gasteiger partial charge >= 0.3 is 0 Å². The first-order valence-corrected chi connectivity index (χ1v) is 7.31. The summed E-state index contributed by atoms with van der Waals surface area (Å²) in [5.74, 6) is 0.899. The van der Waals surface area contributed by atoms with Gasteiger partial charge in [-0.3, -0.25) is 4.79 Å². The predicted octanol–water partition coefficient (Wildman–Crippen LogP) is 2.79. The summed E-state index contributed by atoms with van der Waals surface area (Å²) in [6.07, 6.45) is 4.13. The van der Waals surface area contributed by atoms with Gasteiger partial charge in [-0.2, -0.15) is 0 Å². The third kappa shape index (κ3) is 3.16. The highest BCUT2D eigenvalue weighted by Gasteiger charge is 2.34. The molecule has 2 fully saturated rings. The van der Waals surface area contributed by atoms with Gasteiger partial charge in [-0.15, -0.1) is 0 Å². The van der Waals surface area contributed by atoms with E-state index in [2.05, 4.69) is 10.2 Å². The fraction of sp³-hybridized carbons (Fsp3) is 0.562. The smallest absolute Gasteiger partial charge is 0.159 e. The molecule has 102 valence electrons. The van der Waals surface area contributed by atoms with E-state index in [1.165, 1.54) is 32.4 Å². The van der Waals surface area contributed by atoms with Crippen LogP contribution in [-0.2, 0) is 0 Å². The SMILES string of the molecule is CC(=O)c1ccc(NCC2CCN(C3CC3)C2)cc1.